The number of sulfonamides is 1. The third-order valence-electron chi connectivity index (χ3n) is 4.60. The molecule has 2 rings (SSSR count). The van der Waals surface area contributed by atoms with Crippen LogP contribution in [0.4, 0.5) is 0 Å². The fourth-order valence-corrected chi connectivity index (χ4v) is 6.12. The molecule has 1 atom stereocenters. The second-order valence-corrected chi connectivity index (χ2v) is 11.6. The molecule has 0 aromatic heterocycles. The van der Waals surface area contributed by atoms with Gasteiger partial charge in [-0.15, -0.1) is 0 Å². The van der Waals surface area contributed by atoms with E-state index in [1.807, 2.05) is 6.92 Å². The molecule has 0 bridgehead atoms. The maximum Gasteiger partial charge on any atom is 0.254 e. The van der Waals surface area contributed by atoms with Crippen LogP contribution in [0.2, 0.25) is 5.02 Å². The Morgan fingerprint density at radius 2 is 1.96 bits per heavy atom. The van der Waals surface area contributed by atoms with Crippen LogP contribution >= 0.6 is 11.6 Å². The van der Waals surface area contributed by atoms with E-state index < -0.39 is 25.9 Å². The van der Waals surface area contributed by atoms with E-state index in [2.05, 4.69) is 0 Å². The Balaban J connectivity index is 2.40. The van der Waals surface area contributed by atoms with Crippen molar-refractivity contribution in [3.63, 3.8) is 0 Å². The minimum atomic E-state index is -3.81. The van der Waals surface area contributed by atoms with E-state index in [1.54, 1.807) is 4.90 Å². The van der Waals surface area contributed by atoms with Gasteiger partial charge in [0.05, 0.1) is 16.5 Å². The molecule has 7 nitrogen and oxygen atoms in total. The Bertz CT molecular complexity index is 913. The molecule has 1 aromatic rings. The summed E-state index contributed by atoms with van der Waals surface area (Å²) in [6, 6.07) is 3.73. The predicted molar refractivity (Wildman–Crippen MR) is 105 cm³/mol. The number of amides is 1. The number of carbonyl (C=O) groups is 1. The Labute approximate surface area is 166 Å². The Kier molecular flexibility index (Phi) is 6.94. The van der Waals surface area contributed by atoms with Crippen LogP contribution in [0.15, 0.2) is 23.1 Å². The molecule has 1 amide bonds. The third-order valence-corrected chi connectivity index (χ3v) is 8.65. The van der Waals surface area contributed by atoms with Gasteiger partial charge < -0.3 is 4.90 Å². The van der Waals surface area contributed by atoms with E-state index in [0.717, 1.165) is 17.1 Å². The lowest BCUT2D eigenvalue weighted by molar-refractivity contribution is 0.0694. The third kappa shape index (κ3) is 5.01. The van der Waals surface area contributed by atoms with Crippen LogP contribution in [-0.4, -0.2) is 70.1 Å². The second-order valence-electron chi connectivity index (χ2n) is 6.84. The molecular weight excluding hydrogens is 412 g/mol. The van der Waals surface area contributed by atoms with Crippen LogP contribution in [-0.2, 0) is 19.9 Å². The van der Waals surface area contributed by atoms with Crippen molar-refractivity contribution in [3.8, 4) is 0 Å². The molecule has 1 aliphatic rings. The van der Waals surface area contributed by atoms with E-state index in [4.69, 9.17) is 11.6 Å². The summed E-state index contributed by atoms with van der Waals surface area (Å²) in [5.74, 6) is -0.370. The predicted octanol–water partition coefficient (Wildman–Crippen LogP) is 2.02. The lowest BCUT2D eigenvalue weighted by atomic mass is 10.1. The summed E-state index contributed by atoms with van der Waals surface area (Å²) >= 11 is 6.05. The van der Waals surface area contributed by atoms with Crippen molar-refractivity contribution in [2.45, 2.75) is 37.1 Å². The summed E-state index contributed by atoms with van der Waals surface area (Å²) in [6.45, 7) is 2.41. The number of carbonyl (C=O) groups excluding carboxylic acids is 1. The fraction of sp³-hybridized carbons (Fsp3) is 0.588. The number of hydrogen-bond acceptors (Lipinski definition) is 5. The van der Waals surface area contributed by atoms with Gasteiger partial charge in [-0.05, 0) is 31.0 Å². The Morgan fingerprint density at radius 1 is 1.30 bits per heavy atom. The highest BCUT2D eigenvalue weighted by molar-refractivity contribution is 7.91. The van der Waals surface area contributed by atoms with E-state index >= 15 is 0 Å². The lowest BCUT2D eigenvalue weighted by Crippen LogP contribution is -2.41. The van der Waals surface area contributed by atoms with Gasteiger partial charge in [-0.25, -0.2) is 21.1 Å². The highest BCUT2D eigenvalue weighted by atomic mass is 35.5. The summed E-state index contributed by atoms with van der Waals surface area (Å²) in [4.78, 5) is 14.5. The van der Waals surface area contributed by atoms with Crippen molar-refractivity contribution >= 4 is 37.4 Å². The normalized spacial score (nSPS) is 19.4. The van der Waals surface area contributed by atoms with Crippen LogP contribution in [0.25, 0.3) is 0 Å². The van der Waals surface area contributed by atoms with Gasteiger partial charge in [0.25, 0.3) is 5.91 Å². The van der Waals surface area contributed by atoms with Crippen molar-refractivity contribution in [1.29, 1.82) is 0 Å². The van der Waals surface area contributed by atoms with Gasteiger partial charge in [-0.1, -0.05) is 24.9 Å². The van der Waals surface area contributed by atoms with Crippen LogP contribution in [0.5, 0.6) is 0 Å². The molecule has 10 heteroatoms. The van der Waals surface area contributed by atoms with E-state index in [1.165, 1.54) is 32.3 Å². The smallest absolute Gasteiger partial charge is 0.254 e. The van der Waals surface area contributed by atoms with Crippen molar-refractivity contribution in [3.05, 3.63) is 28.8 Å². The van der Waals surface area contributed by atoms with E-state index in [9.17, 15) is 21.6 Å². The maximum absolute atomic E-state index is 13.1. The second kappa shape index (κ2) is 8.46. The fourth-order valence-electron chi connectivity index (χ4n) is 3.00. The van der Waals surface area contributed by atoms with Crippen LogP contribution in [0, 0.1) is 0 Å². The average molecular weight is 437 g/mol. The minimum absolute atomic E-state index is 0.0313. The number of rotatable bonds is 7. The number of hydrogen-bond donors (Lipinski definition) is 0. The number of unbranched alkanes of at least 4 members (excludes halogenated alkanes) is 1. The first-order valence-electron chi connectivity index (χ1n) is 8.73. The SMILES string of the molecule is CCCCN(C(=O)c1ccc(Cl)c(S(=O)(=O)N(C)C)c1)C1CCS(=O)(=O)C1. The summed E-state index contributed by atoms with van der Waals surface area (Å²) in [7, 11) is -4.19. The summed E-state index contributed by atoms with van der Waals surface area (Å²) < 4.78 is 49.6. The van der Waals surface area contributed by atoms with Gasteiger partial charge in [0.1, 0.15) is 4.90 Å². The molecule has 1 unspecified atom stereocenters. The first-order chi connectivity index (χ1) is 12.5. The Hall–Kier alpha value is -1.16. The zero-order chi connectivity index (χ0) is 20.4. The van der Waals surface area contributed by atoms with Crippen molar-refractivity contribution in [2.75, 3.05) is 32.1 Å². The van der Waals surface area contributed by atoms with Gasteiger partial charge in [0, 0.05) is 32.2 Å². The molecule has 1 aromatic carbocycles. The molecule has 152 valence electrons. The van der Waals surface area contributed by atoms with Crippen LogP contribution in [0.1, 0.15) is 36.5 Å². The molecule has 0 N–H and O–H groups in total. The molecule has 0 radical (unpaired) electrons. The monoisotopic (exact) mass is 436 g/mol. The number of halogens is 1. The van der Waals surface area contributed by atoms with E-state index in [-0.39, 0.29) is 32.9 Å². The highest BCUT2D eigenvalue weighted by Gasteiger charge is 2.35. The molecule has 1 aliphatic heterocycles. The quantitative estimate of drug-likeness (QED) is 0.652. The molecular formula is C17H25ClN2O5S2. The molecule has 0 saturated carbocycles. The summed E-state index contributed by atoms with van der Waals surface area (Å²) in [5.41, 5.74) is 0.181. The molecule has 27 heavy (non-hydrogen) atoms. The first-order valence-corrected chi connectivity index (χ1v) is 12.4. The number of sulfone groups is 1. The molecule has 0 spiro atoms. The van der Waals surface area contributed by atoms with E-state index in [0.29, 0.717) is 13.0 Å². The molecule has 1 fully saturated rings. The standard InChI is InChI=1S/C17H25ClN2O5S2/c1-4-5-9-20(14-8-10-26(22,23)12-14)17(21)13-6-7-15(18)16(11-13)27(24,25)19(2)3/h6-7,11,14H,4-5,8-10,12H2,1-3H3. The van der Waals surface area contributed by atoms with Crippen molar-refractivity contribution in [2.24, 2.45) is 0 Å². The summed E-state index contributed by atoms with van der Waals surface area (Å²) in [5, 5.41) is 0.0313. The van der Waals surface area contributed by atoms with Gasteiger partial charge in [0.15, 0.2) is 9.84 Å². The number of nitrogens with zero attached hydrogens (tertiary/aromatic N) is 2. The average Bonchev–Trinajstić information content (AvgIpc) is 2.94. The minimum Gasteiger partial charge on any atom is -0.335 e. The van der Waals surface area contributed by atoms with Crippen molar-refractivity contribution in [1.82, 2.24) is 9.21 Å². The Morgan fingerprint density at radius 3 is 2.48 bits per heavy atom. The van der Waals surface area contributed by atoms with Crippen LogP contribution < -0.4 is 0 Å². The lowest BCUT2D eigenvalue weighted by Gasteiger charge is -2.28. The van der Waals surface area contributed by atoms with Gasteiger partial charge in [-0.3, -0.25) is 4.79 Å². The van der Waals surface area contributed by atoms with Crippen molar-refractivity contribution < 1.29 is 21.6 Å². The molecule has 0 aliphatic carbocycles. The topological polar surface area (TPSA) is 91.8 Å². The summed E-state index contributed by atoms with van der Waals surface area (Å²) in [6.07, 6.45) is 1.98. The van der Waals surface area contributed by atoms with Gasteiger partial charge >= 0.3 is 0 Å². The zero-order valence-corrected chi connectivity index (χ0v) is 18.1. The molecule has 1 heterocycles. The molecule has 1 saturated heterocycles. The highest BCUT2D eigenvalue weighted by Crippen LogP contribution is 2.27. The van der Waals surface area contributed by atoms with Gasteiger partial charge in [-0.2, -0.15) is 0 Å². The first kappa shape index (κ1) is 22.1. The largest absolute Gasteiger partial charge is 0.335 e. The maximum atomic E-state index is 13.1. The van der Waals surface area contributed by atoms with Gasteiger partial charge in [0.2, 0.25) is 10.0 Å². The van der Waals surface area contributed by atoms with Crippen LogP contribution in [0.3, 0.4) is 0 Å². The zero-order valence-electron chi connectivity index (χ0n) is 15.7. The number of benzene rings is 1.